The predicted molar refractivity (Wildman–Crippen MR) is 67.8 cm³/mol. The van der Waals surface area contributed by atoms with E-state index in [9.17, 15) is 14.7 Å². The average molecular weight is 264 g/mol. The fourth-order valence-corrected chi connectivity index (χ4v) is 5.54. The monoisotopic (exact) mass is 264 g/mol. The van der Waals surface area contributed by atoms with Crippen molar-refractivity contribution in [1.29, 1.82) is 0 Å². The van der Waals surface area contributed by atoms with Crippen molar-refractivity contribution in [3.63, 3.8) is 0 Å². The van der Waals surface area contributed by atoms with Crippen LogP contribution in [0, 0.1) is 22.7 Å². The molecule has 1 N–H and O–H groups in total. The molecule has 0 radical (unpaired) electrons. The molecule has 4 rings (SSSR count). The minimum Gasteiger partial charge on any atom is -0.550 e. The Labute approximate surface area is 113 Å². The molecule has 4 nitrogen and oxygen atoms in total. The Bertz CT molecular complexity index is 417. The van der Waals surface area contributed by atoms with Crippen molar-refractivity contribution in [3.8, 4) is 0 Å². The molecule has 0 aliphatic heterocycles. The van der Waals surface area contributed by atoms with Crippen LogP contribution in [0.2, 0.25) is 0 Å². The number of carbonyl (C=O) groups is 2. The van der Waals surface area contributed by atoms with E-state index < -0.39 is 11.4 Å². The number of carboxylic acid groups (broad SMARTS) is 1. The summed E-state index contributed by atoms with van der Waals surface area (Å²) >= 11 is 0. The first-order valence-corrected chi connectivity index (χ1v) is 7.34. The molecule has 4 heteroatoms. The zero-order valence-electron chi connectivity index (χ0n) is 11.7. The van der Waals surface area contributed by atoms with Crippen LogP contribution in [0.5, 0.6) is 0 Å². The summed E-state index contributed by atoms with van der Waals surface area (Å²) in [6.07, 6.45) is 5.58. The molecule has 4 bridgehead atoms. The van der Waals surface area contributed by atoms with E-state index in [2.05, 4.69) is 5.32 Å². The van der Waals surface area contributed by atoms with Crippen LogP contribution in [-0.2, 0) is 9.59 Å². The number of carbonyl (C=O) groups excluding carboxylic acids is 2. The summed E-state index contributed by atoms with van der Waals surface area (Å²) in [6, 6.07) is 0.0645. The van der Waals surface area contributed by atoms with Crippen LogP contribution < -0.4 is 10.4 Å². The summed E-state index contributed by atoms with van der Waals surface area (Å²) in [5.41, 5.74) is -0.632. The second-order valence-electron chi connectivity index (χ2n) is 7.31. The van der Waals surface area contributed by atoms with E-state index in [1.807, 2.05) is 6.92 Å². The molecule has 4 aliphatic rings. The largest absolute Gasteiger partial charge is 0.550 e. The highest BCUT2D eigenvalue weighted by Gasteiger charge is 2.59. The first kappa shape index (κ1) is 12.9. The minimum atomic E-state index is -0.860. The zero-order chi connectivity index (χ0) is 13.8. The summed E-state index contributed by atoms with van der Waals surface area (Å²) in [7, 11) is 0. The van der Waals surface area contributed by atoms with Crippen molar-refractivity contribution in [2.45, 2.75) is 58.4 Å². The van der Waals surface area contributed by atoms with Gasteiger partial charge in [0.2, 0.25) is 5.91 Å². The maximum atomic E-state index is 11.6. The van der Waals surface area contributed by atoms with Gasteiger partial charge in [0.15, 0.2) is 0 Å². The molecule has 4 fully saturated rings. The number of carboxylic acids is 1. The quantitative estimate of drug-likeness (QED) is 0.821. The molecule has 106 valence electrons. The fourth-order valence-electron chi connectivity index (χ4n) is 5.54. The topological polar surface area (TPSA) is 69.2 Å². The van der Waals surface area contributed by atoms with Gasteiger partial charge < -0.3 is 15.2 Å². The van der Waals surface area contributed by atoms with E-state index in [0.29, 0.717) is 18.3 Å². The van der Waals surface area contributed by atoms with Crippen LogP contribution in [0.4, 0.5) is 0 Å². The Morgan fingerprint density at radius 2 is 1.79 bits per heavy atom. The smallest absolute Gasteiger partial charge is 0.217 e. The van der Waals surface area contributed by atoms with Crippen LogP contribution in [0.1, 0.15) is 52.4 Å². The fraction of sp³-hybridized carbons (Fsp3) is 0.867. The van der Waals surface area contributed by atoms with E-state index in [-0.39, 0.29) is 17.4 Å². The molecular formula is C15H22NO3-. The summed E-state index contributed by atoms with van der Waals surface area (Å²) in [4.78, 5) is 23.0. The first-order chi connectivity index (χ1) is 8.85. The van der Waals surface area contributed by atoms with Gasteiger partial charge in [0.25, 0.3) is 0 Å². The highest BCUT2D eigenvalue weighted by molar-refractivity contribution is 5.74. The molecule has 0 saturated heterocycles. The third-order valence-electron chi connectivity index (χ3n) is 5.88. The molecule has 0 aromatic rings. The summed E-state index contributed by atoms with van der Waals surface area (Å²) in [5.74, 6) is 0.137. The lowest BCUT2D eigenvalue weighted by Gasteiger charge is -2.64. The van der Waals surface area contributed by atoms with Gasteiger partial charge in [-0.2, -0.15) is 0 Å². The van der Waals surface area contributed by atoms with Crippen molar-refractivity contribution in [2.24, 2.45) is 22.7 Å². The van der Waals surface area contributed by atoms with Gasteiger partial charge in [-0.3, -0.25) is 4.79 Å². The summed E-state index contributed by atoms with van der Waals surface area (Å²) in [5, 5.41) is 14.6. The lowest BCUT2D eigenvalue weighted by molar-refractivity contribution is -0.330. The van der Waals surface area contributed by atoms with Crippen LogP contribution in [0.15, 0.2) is 0 Å². The van der Waals surface area contributed by atoms with Crippen LogP contribution >= 0.6 is 0 Å². The lowest BCUT2D eigenvalue weighted by atomic mass is 9.43. The Morgan fingerprint density at radius 3 is 2.26 bits per heavy atom. The lowest BCUT2D eigenvalue weighted by Crippen LogP contribution is -2.62. The highest BCUT2D eigenvalue weighted by Crippen LogP contribution is 2.66. The molecule has 4 aliphatic carbocycles. The van der Waals surface area contributed by atoms with Crippen LogP contribution in [0.3, 0.4) is 0 Å². The Morgan fingerprint density at radius 1 is 1.21 bits per heavy atom. The van der Waals surface area contributed by atoms with Crippen molar-refractivity contribution >= 4 is 11.9 Å². The Hall–Kier alpha value is -1.06. The molecular weight excluding hydrogens is 242 g/mol. The Kier molecular flexibility index (Phi) is 2.70. The van der Waals surface area contributed by atoms with Crippen molar-refractivity contribution in [2.75, 3.05) is 0 Å². The SMILES string of the molecule is CC(=O)N[C@@H](C)C12C[C@@H]3C[C@H](CC(C(=O)[O-])(C3)C1)C2. The summed E-state index contributed by atoms with van der Waals surface area (Å²) in [6.45, 7) is 3.57. The van der Waals surface area contributed by atoms with Crippen LogP contribution in [0.25, 0.3) is 0 Å². The normalized spacial score (nSPS) is 44.9. The van der Waals surface area contributed by atoms with Crippen LogP contribution in [-0.4, -0.2) is 17.9 Å². The van der Waals surface area contributed by atoms with Gasteiger partial charge in [0, 0.05) is 24.3 Å². The molecule has 4 saturated carbocycles. The van der Waals surface area contributed by atoms with Gasteiger partial charge in [0.05, 0.1) is 0 Å². The van der Waals surface area contributed by atoms with E-state index in [1.165, 1.54) is 13.3 Å². The molecule has 19 heavy (non-hydrogen) atoms. The number of hydrogen-bond donors (Lipinski definition) is 1. The van der Waals surface area contributed by atoms with Gasteiger partial charge in [0.1, 0.15) is 0 Å². The van der Waals surface area contributed by atoms with Gasteiger partial charge >= 0.3 is 0 Å². The number of hydrogen-bond acceptors (Lipinski definition) is 3. The van der Waals surface area contributed by atoms with Gasteiger partial charge in [-0.05, 0) is 62.7 Å². The molecule has 0 heterocycles. The average Bonchev–Trinajstić information content (AvgIpc) is 2.25. The molecule has 0 aromatic heterocycles. The van der Waals surface area contributed by atoms with E-state index in [0.717, 1.165) is 25.7 Å². The molecule has 0 spiro atoms. The molecule has 3 atom stereocenters. The Balaban J connectivity index is 1.91. The molecule has 0 unspecified atom stereocenters. The zero-order valence-corrected chi connectivity index (χ0v) is 11.7. The van der Waals surface area contributed by atoms with Crippen molar-refractivity contribution in [3.05, 3.63) is 0 Å². The number of aliphatic carboxylic acids is 1. The third kappa shape index (κ3) is 1.87. The number of amides is 1. The van der Waals surface area contributed by atoms with Gasteiger partial charge in [-0.1, -0.05) is 0 Å². The third-order valence-corrected chi connectivity index (χ3v) is 5.88. The van der Waals surface area contributed by atoms with E-state index >= 15 is 0 Å². The second-order valence-corrected chi connectivity index (χ2v) is 7.31. The second kappa shape index (κ2) is 3.97. The van der Waals surface area contributed by atoms with Crippen molar-refractivity contribution in [1.82, 2.24) is 5.32 Å². The first-order valence-electron chi connectivity index (χ1n) is 7.34. The maximum absolute atomic E-state index is 11.6. The standard InChI is InChI=1S/C15H23NO3/c1-9(16-10(2)17)14-4-11-3-12(5-14)7-15(6-11,8-14)13(18)19/h9,11-12H,3-8H2,1-2H3,(H,16,17)(H,18,19)/p-1/t9-,11-,12-,14?,15?/m0/s1. The molecule has 0 aromatic carbocycles. The van der Waals surface area contributed by atoms with Gasteiger partial charge in [-0.25, -0.2) is 0 Å². The van der Waals surface area contributed by atoms with E-state index in [1.54, 1.807) is 0 Å². The van der Waals surface area contributed by atoms with Gasteiger partial charge in [-0.15, -0.1) is 0 Å². The van der Waals surface area contributed by atoms with E-state index in [4.69, 9.17) is 0 Å². The minimum absolute atomic E-state index is 0.0180. The van der Waals surface area contributed by atoms with Crippen molar-refractivity contribution < 1.29 is 14.7 Å². The number of rotatable bonds is 3. The highest BCUT2D eigenvalue weighted by atomic mass is 16.4. The number of nitrogens with one attached hydrogen (secondary N) is 1. The predicted octanol–water partition coefficient (Wildman–Crippen LogP) is 0.847. The molecule has 1 amide bonds. The summed E-state index contributed by atoms with van der Waals surface area (Å²) < 4.78 is 0. The maximum Gasteiger partial charge on any atom is 0.217 e.